The highest BCUT2D eigenvalue weighted by molar-refractivity contribution is 6.29. The predicted octanol–water partition coefficient (Wildman–Crippen LogP) is 1.53. The number of aromatic nitrogens is 2. The van der Waals surface area contributed by atoms with Gasteiger partial charge in [0.2, 0.25) is 0 Å². The molecular weight excluding hydrogens is 200 g/mol. The molecule has 1 atom stereocenters. The van der Waals surface area contributed by atoms with Gasteiger partial charge < -0.3 is 11.1 Å². The van der Waals surface area contributed by atoms with Gasteiger partial charge >= 0.3 is 0 Å². The normalized spacial score (nSPS) is 12.9. The molecule has 0 bridgehead atoms. The zero-order valence-corrected chi connectivity index (χ0v) is 9.12. The fraction of sp³-hybridized carbons (Fsp3) is 0.556. The molecule has 1 rings (SSSR count). The first-order chi connectivity index (χ1) is 6.63. The minimum absolute atomic E-state index is 0.197. The van der Waals surface area contributed by atoms with E-state index in [-0.39, 0.29) is 6.04 Å². The quantitative estimate of drug-likeness (QED) is 0.798. The van der Waals surface area contributed by atoms with Crippen LogP contribution in [0.2, 0.25) is 5.15 Å². The second-order valence-electron chi connectivity index (χ2n) is 3.46. The molecule has 78 valence electrons. The maximum atomic E-state index is 5.71. The van der Waals surface area contributed by atoms with Crippen LogP contribution in [0.1, 0.15) is 13.8 Å². The van der Waals surface area contributed by atoms with Crippen molar-refractivity contribution in [1.82, 2.24) is 9.97 Å². The van der Waals surface area contributed by atoms with Gasteiger partial charge in [-0.25, -0.2) is 4.98 Å². The van der Waals surface area contributed by atoms with Crippen molar-refractivity contribution in [3.63, 3.8) is 0 Å². The monoisotopic (exact) mass is 214 g/mol. The van der Waals surface area contributed by atoms with Crippen molar-refractivity contribution in [3.8, 4) is 0 Å². The first kappa shape index (κ1) is 11.2. The topological polar surface area (TPSA) is 63.8 Å². The van der Waals surface area contributed by atoms with Crippen molar-refractivity contribution in [3.05, 3.63) is 17.5 Å². The molecule has 0 aliphatic carbocycles. The summed E-state index contributed by atoms with van der Waals surface area (Å²) in [7, 11) is 0. The van der Waals surface area contributed by atoms with Crippen LogP contribution in [0.15, 0.2) is 12.4 Å². The van der Waals surface area contributed by atoms with E-state index in [0.717, 1.165) is 0 Å². The summed E-state index contributed by atoms with van der Waals surface area (Å²) in [5.41, 5.74) is 5.62. The van der Waals surface area contributed by atoms with Crippen LogP contribution >= 0.6 is 11.6 Å². The molecule has 5 heteroatoms. The molecular formula is C9H15ClN4. The number of halogens is 1. The molecule has 1 unspecified atom stereocenters. The van der Waals surface area contributed by atoms with Crippen LogP contribution in [0.5, 0.6) is 0 Å². The van der Waals surface area contributed by atoms with Crippen LogP contribution in [0.3, 0.4) is 0 Å². The summed E-state index contributed by atoms with van der Waals surface area (Å²) < 4.78 is 0. The molecule has 0 saturated carbocycles. The SMILES string of the molecule is CC(C)C(CN)Nc1cncc(Cl)n1. The number of nitrogens with two attached hydrogens (primary N) is 1. The van der Waals surface area contributed by atoms with E-state index < -0.39 is 0 Å². The Hall–Kier alpha value is -0.870. The second kappa shape index (κ2) is 5.12. The molecule has 0 amide bonds. The summed E-state index contributed by atoms with van der Waals surface area (Å²) in [6.07, 6.45) is 3.14. The van der Waals surface area contributed by atoms with E-state index in [1.54, 1.807) is 6.20 Å². The van der Waals surface area contributed by atoms with Gasteiger partial charge in [0.15, 0.2) is 0 Å². The summed E-state index contributed by atoms with van der Waals surface area (Å²) in [4.78, 5) is 8.01. The van der Waals surface area contributed by atoms with E-state index in [9.17, 15) is 0 Å². The van der Waals surface area contributed by atoms with Gasteiger partial charge in [0, 0.05) is 12.6 Å². The minimum Gasteiger partial charge on any atom is -0.364 e. The zero-order valence-electron chi connectivity index (χ0n) is 8.37. The molecule has 0 saturated heterocycles. The van der Waals surface area contributed by atoms with Gasteiger partial charge in [-0.1, -0.05) is 25.4 Å². The lowest BCUT2D eigenvalue weighted by atomic mass is 10.1. The lowest BCUT2D eigenvalue weighted by Gasteiger charge is -2.20. The Balaban J connectivity index is 2.67. The first-order valence-corrected chi connectivity index (χ1v) is 4.95. The Morgan fingerprint density at radius 3 is 2.71 bits per heavy atom. The number of rotatable bonds is 4. The Bertz CT molecular complexity index is 290. The summed E-state index contributed by atoms with van der Waals surface area (Å²) >= 11 is 5.71. The second-order valence-corrected chi connectivity index (χ2v) is 3.84. The highest BCUT2D eigenvalue weighted by Crippen LogP contribution is 2.11. The molecule has 3 N–H and O–H groups in total. The van der Waals surface area contributed by atoms with Gasteiger partial charge in [-0.3, -0.25) is 4.98 Å². The highest BCUT2D eigenvalue weighted by atomic mass is 35.5. The van der Waals surface area contributed by atoms with Crippen LogP contribution in [-0.2, 0) is 0 Å². The van der Waals surface area contributed by atoms with Crippen LogP contribution in [0.4, 0.5) is 5.82 Å². The molecule has 14 heavy (non-hydrogen) atoms. The molecule has 0 spiro atoms. The number of nitrogens with zero attached hydrogens (tertiary/aromatic N) is 2. The standard InChI is InChI=1S/C9H15ClN4/c1-6(2)7(3-11)13-9-5-12-4-8(10)14-9/h4-7H,3,11H2,1-2H3,(H,13,14). The summed E-state index contributed by atoms with van der Waals surface area (Å²) in [5.74, 6) is 1.11. The molecule has 0 aromatic carbocycles. The van der Waals surface area contributed by atoms with Crippen LogP contribution < -0.4 is 11.1 Å². The van der Waals surface area contributed by atoms with Gasteiger partial charge in [-0.15, -0.1) is 0 Å². The number of hydrogen-bond donors (Lipinski definition) is 2. The van der Waals surface area contributed by atoms with Crippen molar-refractivity contribution in [2.24, 2.45) is 11.7 Å². The fourth-order valence-electron chi connectivity index (χ4n) is 1.10. The molecule has 4 nitrogen and oxygen atoms in total. The smallest absolute Gasteiger partial charge is 0.149 e. The number of hydrogen-bond acceptors (Lipinski definition) is 4. The van der Waals surface area contributed by atoms with E-state index in [4.69, 9.17) is 17.3 Å². The molecule has 0 radical (unpaired) electrons. The van der Waals surface area contributed by atoms with Gasteiger partial charge in [0.05, 0.1) is 12.4 Å². The molecule has 1 heterocycles. The van der Waals surface area contributed by atoms with E-state index in [0.29, 0.717) is 23.4 Å². The Kier molecular flexibility index (Phi) is 4.10. The van der Waals surface area contributed by atoms with Crippen molar-refractivity contribution >= 4 is 17.4 Å². The van der Waals surface area contributed by atoms with E-state index in [2.05, 4.69) is 29.1 Å². The van der Waals surface area contributed by atoms with Gasteiger partial charge in [0.25, 0.3) is 0 Å². The van der Waals surface area contributed by atoms with Crippen molar-refractivity contribution < 1.29 is 0 Å². The Labute approximate surface area is 88.9 Å². The fourth-order valence-corrected chi connectivity index (χ4v) is 1.25. The van der Waals surface area contributed by atoms with Crippen LogP contribution in [-0.4, -0.2) is 22.6 Å². The van der Waals surface area contributed by atoms with E-state index in [1.807, 2.05) is 0 Å². The van der Waals surface area contributed by atoms with E-state index in [1.165, 1.54) is 6.20 Å². The third kappa shape index (κ3) is 3.12. The summed E-state index contributed by atoms with van der Waals surface area (Å²) in [6.45, 7) is 4.76. The van der Waals surface area contributed by atoms with Crippen molar-refractivity contribution in [2.45, 2.75) is 19.9 Å². The van der Waals surface area contributed by atoms with Gasteiger partial charge in [0.1, 0.15) is 11.0 Å². The van der Waals surface area contributed by atoms with Crippen LogP contribution in [0.25, 0.3) is 0 Å². The highest BCUT2D eigenvalue weighted by Gasteiger charge is 2.11. The third-order valence-corrected chi connectivity index (χ3v) is 2.18. The molecule has 1 aromatic heterocycles. The maximum Gasteiger partial charge on any atom is 0.149 e. The predicted molar refractivity (Wildman–Crippen MR) is 58.3 cm³/mol. The summed E-state index contributed by atoms with van der Waals surface area (Å²) in [5, 5.41) is 3.57. The lowest BCUT2D eigenvalue weighted by molar-refractivity contribution is 0.530. The lowest BCUT2D eigenvalue weighted by Crippen LogP contribution is -2.34. The number of nitrogens with one attached hydrogen (secondary N) is 1. The summed E-state index contributed by atoms with van der Waals surface area (Å²) in [6, 6.07) is 0.197. The molecule has 1 aromatic rings. The van der Waals surface area contributed by atoms with Crippen molar-refractivity contribution in [1.29, 1.82) is 0 Å². The third-order valence-electron chi connectivity index (χ3n) is 2.00. The zero-order chi connectivity index (χ0) is 10.6. The van der Waals surface area contributed by atoms with Gasteiger partial charge in [-0.2, -0.15) is 0 Å². The van der Waals surface area contributed by atoms with E-state index >= 15 is 0 Å². The van der Waals surface area contributed by atoms with Crippen LogP contribution in [0, 0.1) is 5.92 Å². The Morgan fingerprint density at radius 1 is 1.50 bits per heavy atom. The molecule has 0 aliphatic rings. The first-order valence-electron chi connectivity index (χ1n) is 4.57. The van der Waals surface area contributed by atoms with Gasteiger partial charge in [-0.05, 0) is 5.92 Å². The molecule has 0 aliphatic heterocycles. The van der Waals surface area contributed by atoms with Crippen molar-refractivity contribution in [2.75, 3.05) is 11.9 Å². The number of anilines is 1. The molecule has 0 fully saturated rings. The minimum atomic E-state index is 0.197. The average molecular weight is 215 g/mol. The maximum absolute atomic E-state index is 5.71. The Morgan fingerprint density at radius 2 is 2.21 bits per heavy atom. The average Bonchev–Trinajstić information content (AvgIpc) is 2.14. The largest absolute Gasteiger partial charge is 0.364 e.